The van der Waals surface area contributed by atoms with Gasteiger partial charge >= 0.3 is 0 Å². The van der Waals surface area contributed by atoms with Crippen LogP contribution in [-0.2, 0) is 6.42 Å². The van der Waals surface area contributed by atoms with Crippen molar-refractivity contribution in [2.45, 2.75) is 12.8 Å². The third-order valence-electron chi connectivity index (χ3n) is 1.94. The van der Waals surface area contributed by atoms with Crippen molar-refractivity contribution >= 4 is 0 Å². The molecule has 0 aliphatic heterocycles. The van der Waals surface area contributed by atoms with Crippen LogP contribution in [0.15, 0.2) is 12.1 Å². The van der Waals surface area contributed by atoms with Gasteiger partial charge < -0.3 is 9.84 Å². The standard InChI is InChI=1S/C10H12F2O2/c1-14-7-5-9(11)8(3-2-4-13)10(12)6-7/h5-6,13H,2-4H2,1H3. The number of ether oxygens (including phenoxy) is 1. The molecule has 0 bridgehead atoms. The summed E-state index contributed by atoms with van der Waals surface area (Å²) >= 11 is 0. The zero-order valence-electron chi connectivity index (χ0n) is 7.89. The lowest BCUT2D eigenvalue weighted by molar-refractivity contribution is 0.287. The molecule has 1 rings (SSSR count). The summed E-state index contributed by atoms with van der Waals surface area (Å²) in [6.07, 6.45) is 0.540. The van der Waals surface area contributed by atoms with E-state index in [1.807, 2.05) is 0 Å². The average molecular weight is 202 g/mol. The highest BCUT2D eigenvalue weighted by molar-refractivity contribution is 5.30. The minimum Gasteiger partial charge on any atom is -0.497 e. The van der Waals surface area contributed by atoms with Gasteiger partial charge in [-0.2, -0.15) is 0 Å². The summed E-state index contributed by atoms with van der Waals surface area (Å²) in [6, 6.07) is 2.27. The summed E-state index contributed by atoms with van der Waals surface area (Å²) in [6.45, 7) is -0.0785. The molecule has 4 heteroatoms. The molecule has 0 saturated carbocycles. The Labute approximate surface area is 81.1 Å². The molecule has 0 aromatic heterocycles. The van der Waals surface area contributed by atoms with Crippen LogP contribution in [0.4, 0.5) is 8.78 Å². The van der Waals surface area contributed by atoms with E-state index in [0.29, 0.717) is 6.42 Å². The largest absolute Gasteiger partial charge is 0.497 e. The van der Waals surface area contributed by atoms with Crippen LogP contribution in [0.2, 0.25) is 0 Å². The topological polar surface area (TPSA) is 29.5 Å². The Kier molecular flexibility index (Phi) is 3.83. The van der Waals surface area contributed by atoms with Gasteiger partial charge in [-0.15, -0.1) is 0 Å². The van der Waals surface area contributed by atoms with Crippen LogP contribution in [0, 0.1) is 11.6 Å². The lowest BCUT2D eigenvalue weighted by atomic mass is 10.1. The lowest BCUT2D eigenvalue weighted by Crippen LogP contribution is -1.99. The molecule has 0 fully saturated rings. The first-order valence-electron chi connectivity index (χ1n) is 4.31. The van der Waals surface area contributed by atoms with Crippen molar-refractivity contribution in [3.63, 3.8) is 0 Å². The second kappa shape index (κ2) is 4.91. The number of rotatable bonds is 4. The molecule has 2 nitrogen and oxygen atoms in total. The Morgan fingerprint density at radius 3 is 2.29 bits per heavy atom. The van der Waals surface area contributed by atoms with Gasteiger partial charge in [0.05, 0.1) is 7.11 Å². The molecular formula is C10H12F2O2. The van der Waals surface area contributed by atoms with E-state index in [4.69, 9.17) is 9.84 Å². The van der Waals surface area contributed by atoms with Gasteiger partial charge in [0.15, 0.2) is 0 Å². The maximum absolute atomic E-state index is 13.2. The SMILES string of the molecule is COc1cc(F)c(CCCO)c(F)c1. The summed E-state index contributed by atoms with van der Waals surface area (Å²) in [7, 11) is 1.35. The molecule has 1 N–H and O–H groups in total. The number of aliphatic hydroxyl groups is 1. The van der Waals surface area contributed by atoms with Crippen LogP contribution < -0.4 is 4.74 Å². The molecule has 0 aliphatic rings. The maximum Gasteiger partial charge on any atom is 0.133 e. The second-order valence-corrected chi connectivity index (χ2v) is 2.90. The minimum absolute atomic E-state index is 0.000139. The molecule has 0 amide bonds. The zero-order valence-corrected chi connectivity index (χ0v) is 7.89. The molecule has 0 heterocycles. The Hall–Kier alpha value is -1.16. The van der Waals surface area contributed by atoms with Gasteiger partial charge in [-0.05, 0) is 12.8 Å². The first-order chi connectivity index (χ1) is 6.69. The highest BCUT2D eigenvalue weighted by atomic mass is 19.1. The van der Waals surface area contributed by atoms with Gasteiger partial charge in [0.1, 0.15) is 17.4 Å². The van der Waals surface area contributed by atoms with E-state index >= 15 is 0 Å². The molecule has 78 valence electrons. The fraction of sp³-hybridized carbons (Fsp3) is 0.400. The number of halogens is 2. The van der Waals surface area contributed by atoms with Crippen LogP contribution in [0.1, 0.15) is 12.0 Å². The van der Waals surface area contributed by atoms with Crippen LogP contribution >= 0.6 is 0 Å². The minimum atomic E-state index is -0.629. The zero-order chi connectivity index (χ0) is 10.6. The van der Waals surface area contributed by atoms with E-state index in [1.54, 1.807) is 0 Å². The fourth-order valence-corrected chi connectivity index (χ4v) is 1.19. The number of hydrogen-bond acceptors (Lipinski definition) is 2. The van der Waals surface area contributed by atoms with E-state index in [0.717, 1.165) is 12.1 Å². The van der Waals surface area contributed by atoms with Crippen LogP contribution in [-0.4, -0.2) is 18.8 Å². The predicted molar refractivity (Wildman–Crippen MR) is 48.3 cm³/mol. The van der Waals surface area contributed by atoms with Crippen molar-refractivity contribution in [3.05, 3.63) is 29.3 Å². The summed E-state index contributed by atoms with van der Waals surface area (Å²) in [5.41, 5.74) is -0.000139. The number of benzene rings is 1. The average Bonchev–Trinajstić information content (AvgIpc) is 2.16. The Morgan fingerprint density at radius 1 is 1.29 bits per heavy atom. The lowest BCUT2D eigenvalue weighted by Gasteiger charge is -2.06. The van der Waals surface area contributed by atoms with Gasteiger partial charge in [0.25, 0.3) is 0 Å². The summed E-state index contributed by atoms with van der Waals surface area (Å²) in [5, 5.41) is 8.54. The monoisotopic (exact) mass is 202 g/mol. The van der Waals surface area contributed by atoms with Crippen molar-refractivity contribution in [2.24, 2.45) is 0 Å². The molecule has 0 atom stereocenters. The molecule has 14 heavy (non-hydrogen) atoms. The van der Waals surface area contributed by atoms with Crippen molar-refractivity contribution in [2.75, 3.05) is 13.7 Å². The first-order valence-corrected chi connectivity index (χ1v) is 4.31. The van der Waals surface area contributed by atoms with Gasteiger partial charge in [0.2, 0.25) is 0 Å². The van der Waals surface area contributed by atoms with Crippen LogP contribution in [0.5, 0.6) is 5.75 Å². The van der Waals surface area contributed by atoms with Crippen molar-refractivity contribution in [1.29, 1.82) is 0 Å². The van der Waals surface area contributed by atoms with E-state index in [-0.39, 0.29) is 24.3 Å². The highest BCUT2D eigenvalue weighted by Crippen LogP contribution is 2.21. The molecule has 0 aliphatic carbocycles. The summed E-state index contributed by atoms with van der Waals surface area (Å²) < 4.78 is 31.1. The van der Waals surface area contributed by atoms with Gasteiger partial charge in [-0.3, -0.25) is 0 Å². The normalized spacial score (nSPS) is 10.3. The molecule has 1 aromatic carbocycles. The Morgan fingerprint density at radius 2 is 1.86 bits per heavy atom. The number of hydrogen-bond donors (Lipinski definition) is 1. The third-order valence-corrected chi connectivity index (χ3v) is 1.94. The van der Waals surface area contributed by atoms with Gasteiger partial charge in [-0.1, -0.05) is 0 Å². The molecule has 0 unspecified atom stereocenters. The van der Waals surface area contributed by atoms with Crippen molar-refractivity contribution in [3.8, 4) is 5.75 Å². The van der Waals surface area contributed by atoms with E-state index < -0.39 is 11.6 Å². The van der Waals surface area contributed by atoms with E-state index in [1.165, 1.54) is 7.11 Å². The van der Waals surface area contributed by atoms with Crippen molar-refractivity contribution in [1.82, 2.24) is 0 Å². The smallest absolute Gasteiger partial charge is 0.133 e. The fourth-order valence-electron chi connectivity index (χ4n) is 1.19. The van der Waals surface area contributed by atoms with Crippen LogP contribution in [0.25, 0.3) is 0 Å². The summed E-state index contributed by atoms with van der Waals surface area (Å²) in [5.74, 6) is -1.10. The summed E-state index contributed by atoms with van der Waals surface area (Å²) in [4.78, 5) is 0. The Balaban J connectivity index is 2.93. The van der Waals surface area contributed by atoms with Gasteiger partial charge in [0, 0.05) is 24.3 Å². The molecular weight excluding hydrogens is 190 g/mol. The van der Waals surface area contributed by atoms with E-state index in [9.17, 15) is 8.78 Å². The highest BCUT2D eigenvalue weighted by Gasteiger charge is 2.10. The van der Waals surface area contributed by atoms with Crippen LogP contribution in [0.3, 0.4) is 0 Å². The van der Waals surface area contributed by atoms with Gasteiger partial charge in [-0.25, -0.2) is 8.78 Å². The predicted octanol–water partition coefficient (Wildman–Crippen LogP) is 1.90. The quantitative estimate of drug-likeness (QED) is 0.808. The second-order valence-electron chi connectivity index (χ2n) is 2.90. The molecule has 0 saturated heterocycles. The number of methoxy groups -OCH3 is 1. The van der Waals surface area contributed by atoms with Crippen molar-refractivity contribution < 1.29 is 18.6 Å². The molecule has 0 spiro atoms. The maximum atomic E-state index is 13.2. The molecule has 0 radical (unpaired) electrons. The molecule has 1 aromatic rings. The number of aliphatic hydroxyl groups excluding tert-OH is 1. The Bertz CT molecular complexity index is 290. The third kappa shape index (κ3) is 2.42. The first kappa shape index (κ1) is 10.9. The van der Waals surface area contributed by atoms with E-state index in [2.05, 4.69) is 0 Å².